The fraction of sp³-hybridized carbons (Fsp3) is 0.667. The van der Waals surface area contributed by atoms with Crippen molar-refractivity contribution in [3.63, 3.8) is 0 Å². The van der Waals surface area contributed by atoms with E-state index in [0.717, 1.165) is 11.3 Å². The van der Waals surface area contributed by atoms with E-state index in [-0.39, 0.29) is 24.0 Å². The molecule has 0 aliphatic carbocycles. The molecule has 1 aliphatic heterocycles. The predicted octanol–water partition coefficient (Wildman–Crippen LogP) is 0.738. The minimum Gasteiger partial charge on any atom is -0.330 e. The predicted molar refractivity (Wildman–Crippen MR) is 65.3 cm³/mol. The van der Waals surface area contributed by atoms with Gasteiger partial charge in [-0.1, -0.05) is 0 Å². The number of rotatable bonds is 2. The van der Waals surface area contributed by atoms with Gasteiger partial charge >= 0.3 is 0 Å². The Bertz CT molecular complexity index is 438. The molecule has 1 aromatic rings. The number of amides is 1. The van der Waals surface area contributed by atoms with Crippen LogP contribution in [0.4, 0.5) is 0 Å². The van der Waals surface area contributed by atoms with Gasteiger partial charge in [0.05, 0.1) is 11.7 Å². The van der Waals surface area contributed by atoms with E-state index < -0.39 is 0 Å². The zero-order valence-electron chi connectivity index (χ0n) is 10.8. The molecule has 1 saturated heterocycles. The minimum absolute atomic E-state index is 0.0799. The second-order valence-corrected chi connectivity index (χ2v) is 5.08. The van der Waals surface area contributed by atoms with Gasteiger partial charge in [0, 0.05) is 31.7 Å². The molecule has 2 heterocycles. The molecule has 1 amide bonds. The summed E-state index contributed by atoms with van der Waals surface area (Å²) in [7, 11) is 1.89. The van der Waals surface area contributed by atoms with Crippen molar-refractivity contribution in [2.75, 3.05) is 0 Å². The number of likely N-dealkylation sites (tertiary alicyclic amines) is 1. The zero-order chi connectivity index (χ0) is 12.7. The fourth-order valence-electron chi connectivity index (χ4n) is 2.64. The van der Waals surface area contributed by atoms with Gasteiger partial charge in [-0.05, 0) is 26.3 Å². The summed E-state index contributed by atoms with van der Waals surface area (Å²) in [5.74, 6) is 0.127. The third kappa shape index (κ3) is 1.95. The maximum absolute atomic E-state index is 11.9. The Kier molecular flexibility index (Phi) is 2.95. The van der Waals surface area contributed by atoms with Crippen molar-refractivity contribution in [2.45, 2.75) is 45.3 Å². The van der Waals surface area contributed by atoms with E-state index in [4.69, 9.17) is 5.73 Å². The monoisotopic (exact) mass is 236 g/mol. The van der Waals surface area contributed by atoms with E-state index in [9.17, 15) is 4.79 Å². The maximum Gasteiger partial charge on any atom is 0.225 e. The van der Waals surface area contributed by atoms with Crippen LogP contribution < -0.4 is 5.73 Å². The molecule has 0 aromatic carbocycles. The molecule has 1 aromatic heterocycles. The van der Waals surface area contributed by atoms with Crippen LogP contribution in [0.5, 0.6) is 0 Å². The molecule has 0 saturated carbocycles. The van der Waals surface area contributed by atoms with Gasteiger partial charge in [0.15, 0.2) is 0 Å². The van der Waals surface area contributed by atoms with Gasteiger partial charge in [-0.25, -0.2) is 0 Å². The lowest BCUT2D eigenvalue weighted by Gasteiger charge is -2.29. The van der Waals surface area contributed by atoms with Crippen LogP contribution in [-0.2, 0) is 11.8 Å². The summed E-state index contributed by atoms with van der Waals surface area (Å²) in [6.45, 7) is 6.04. The summed E-state index contributed by atoms with van der Waals surface area (Å²) >= 11 is 0. The van der Waals surface area contributed by atoms with Crippen molar-refractivity contribution in [2.24, 2.45) is 12.8 Å². The van der Waals surface area contributed by atoms with Gasteiger partial charge in [-0.15, -0.1) is 0 Å². The molecular formula is C12H20N4O. The van der Waals surface area contributed by atoms with Crippen molar-refractivity contribution in [3.05, 3.63) is 17.5 Å². The molecule has 1 fully saturated rings. The van der Waals surface area contributed by atoms with E-state index >= 15 is 0 Å². The van der Waals surface area contributed by atoms with Crippen LogP contribution in [0.25, 0.3) is 0 Å². The molecule has 2 atom stereocenters. The summed E-state index contributed by atoms with van der Waals surface area (Å²) in [5, 5.41) is 4.45. The molecule has 5 nitrogen and oxygen atoms in total. The minimum atomic E-state index is -0.154. The average molecular weight is 236 g/mol. The van der Waals surface area contributed by atoms with Gasteiger partial charge in [-0.2, -0.15) is 5.10 Å². The Hall–Kier alpha value is -1.36. The van der Waals surface area contributed by atoms with Gasteiger partial charge in [0.2, 0.25) is 5.91 Å². The zero-order valence-corrected chi connectivity index (χ0v) is 10.8. The molecule has 94 valence electrons. The summed E-state index contributed by atoms with van der Waals surface area (Å²) in [6.07, 6.45) is 2.38. The van der Waals surface area contributed by atoms with Crippen molar-refractivity contribution < 1.29 is 4.79 Å². The molecule has 2 rings (SSSR count). The summed E-state index contributed by atoms with van der Waals surface area (Å²) in [6, 6.07) is -0.0790. The first kappa shape index (κ1) is 12.1. The van der Waals surface area contributed by atoms with E-state index in [1.54, 1.807) is 4.68 Å². The molecule has 0 unspecified atom stereocenters. The van der Waals surface area contributed by atoms with Crippen LogP contribution in [0.1, 0.15) is 37.6 Å². The number of aryl methyl sites for hydroxylation is 2. The highest BCUT2D eigenvalue weighted by molar-refractivity contribution is 5.80. The first-order valence-corrected chi connectivity index (χ1v) is 5.98. The van der Waals surface area contributed by atoms with Crippen LogP contribution >= 0.6 is 0 Å². The highest BCUT2D eigenvalue weighted by Crippen LogP contribution is 2.34. The van der Waals surface area contributed by atoms with E-state index in [1.807, 2.05) is 38.9 Å². The lowest BCUT2D eigenvalue weighted by Crippen LogP contribution is -2.38. The van der Waals surface area contributed by atoms with Crippen molar-refractivity contribution in [1.29, 1.82) is 0 Å². The second kappa shape index (κ2) is 4.14. The lowest BCUT2D eigenvalue weighted by atomic mass is 10.0. The van der Waals surface area contributed by atoms with E-state index in [2.05, 4.69) is 5.10 Å². The maximum atomic E-state index is 11.9. The molecule has 2 N–H and O–H groups in total. The number of hydrogen-bond donors (Lipinski definition) is 1. The van der Waals surface area contributed by atoms with Crippen LogP contribution in [-0.4, -0.2) is 32.7 Å². The molecule has 0 radical (unpaired) electrons. The smallest absolute Gasteiger partial charge is 0.225 e. The van der Waals surface area contributed by atoms with E-state index in [1.165, 1.54) is 0 Å². The average Bonchev–Trinajstić information content (AvgIpc) is 2.66. The van der Waals surface area contributed by atoms with Gasteiger partial charge < -0.3 is 10.6 Å². The SMILES string of the molecule is Cc1cn(C)nc1[C@H]1[C@H](N)CC(=O)N1C(C)C. The van der Waals surface area contributed by atoms with Crippen LogP contribution in [0, 0.1) is 6.92 Å². The second-order valence-electron chi connectivity index (χ2n) is 5.08. The molecule has 0 bridgehead atoms. The van der Waals surface area contributed by atoms with Gasteiger partial charge in [0.1, 0.15) is 0 Å². The van der Waals surface area contributed by atoms with Crippen LogP contribution in [0.2, 0.25) is 0 Å². The number of hydrogen-bond acceptors (Lipinski definition) is 3. The molecule has 1 aliphatic rings. The Morgan fingerprint density at radius 1 is 1.53 bits per heavy atom. The largest absolute Gasteiger partial charge is 0.330 e. The summed E-state index contributed by atoms with van der Waals surface area (Å²) < 4.78 is 1.78. The van der Waals surface area contributed by atoms with Crippen LogP contribution in [0.15, 0.2) is 6.20 Å². The highest BCUT2D eigenvalue weighted by Gasteiger charge is 2.41. The molecule has 5 heteroatoms. The van der Waals surface area contributed by atoms with Gasteiger partial charge in [0.25, 0.3) is 0 Å². The van der Waals surface area contributed by atoms with Crippen molar-refractivity contribution >= 4 is 5.91 Å². The highest BCUT2D eigenvalue weighted by atomic mass is 16.2. The first-order chi connectivity index (χ1) is 7.91. The number of carbonyl (C=O) groups is 1. The quantitative estimate of drug-likeness (QED) is 0.823. The molecule has 17 heavy (non-hydrogen) atoms. The Labute approximate surface area is 102 Å². The number of nitrogens with zero attached hydrogens (tertiary/aromatic N) is 3. The molecular weight excluding hydrogens is 216 g/mol. The number of aromatic nitrogens is 2. The standard InChI is InChI=1S/C12H20N4O/c1-7(2)16-10(17)5-9(13)12(16)11-8(3)6-15(4)14-11/h6-7,9,12H,5,13H2,1-4H3/t9-,12-/m1/s1. The number of carbonyl (C=O) groups excluding carboxylic acids is 1. The normalized spacial score (nSPS) is 25.1. The van der Waals surface area contributed by atoms with Crippen molar-refractivity contribution in [3.8, 4) is 0 Å². The van der Waals surface area contributed by atoms with E-state index in [0.29, 0.717) is 6.42 Å². The Morgan fingerprint density at radius 3 is 2.65 bits per heavy atom. The van der Waals surface area contributed by atoms with Gasteiger partial charge in [-0.3, -0.25) is 9.48 Å². The summed E-state index contributed by atoms with van der Waals surface area (Å²) in [5.41, 5.74) is 8.12. The first-order valence-electron chi connectivity index (χ1n) is 5.98. The lowest BCUT2D eigenvalue weighted by molar-refractivity contribution is -0.130. The Balaban J connectivity index is 2.41. The van der Waals surface area contributed by atoms with Crippen LogP contribution in [0.3, 0.4) is 0 Å². The molecule has 0 spiro atoms. The fourth-order valence-corrected chi connectivity index (χ4v) is 2.64. The van der Waals surface area contributed by atoms with Crippen molar-refractivity contribution in [1.82, 2.24) is 14.7 Å². The number of nitrogens with two attached hydrogens (primary N) is 1. The summed E-state index contributed by atoms with van der Waals surface area (Å²) in [4.78, 5) is 13.8. The third-order valence-electron chi connectivity index (χ3n) is 3.29. The third-order valence-corrected chi connectivity index (χ3v) is 3.29. The topological polar surface area (TPSA) is 64.2 Å². The Morgan fingerprint density at radius 2 is 2.18 bits per heavy atom.